The van der Waals surface area contributed by atoms with E-state index < -0.39 is 0 Å². The molecule has 128 valence electrons. The SMILES string of the molecule is C[C@@H](NC(=O)c1ccnc(-n2cncn2)c1)c1cccc2ccccc12. The molecule has 0 unspecified atom stereocenters. The van der Waals surface area contributed by atoms with Gasteiger partial charge < -0.3 is 5.32 Å². The molecule has 0 aliphatic rings. The van der Waals surface area contributed by atoms with Crippen molar-refractivity contribution >= 4 is 16.7 Å². The third-order valence-corrected chi connectivity index (χ3v) is 4.30. The molecule has 0 bridgehead atoms. The largest absolute Gasteiger partial charge is 0.345 e. The van der Waals surface area contributed by atoms with Crippen LogP contribution in [0, 0.1) is 0 Å². The Morgan fingerprint density at radius 2 is 1.96 bits per heavy atom. The van der Waals surface area contributed by atoms with Gasteiger partial charge in [-0.1, -0.05) is 42.5 Å². The molecule has 4 aromatic rings. The van der Waals surface area contributed by atoms with E-state index in [4.69, 9.17) is 0 Å². The smallest absolute Gasteiger partial charge is 0.251 e. The van der Waals surface area contributed by atoms with Gasteiger partial charge in [-0.25, -0.2) is 14.6 Å². The second-order valence-electron chi connectivity index (χ2n) is 6.01. The second kappa shape index (κ2) is 6.76. The van der Waals surface area contributed by atoms with Crippen LogP contribution in [0.1, 0.15) is 28.9 Å². The molecule has 0 aliphatic carbocycles. The molecule has 0 spiro atoms. The molecule has 6 heteroatoms. The average Bonchev–Trinajstić information content (AvgIpc) is 3.22. The predicted octanol–water partition coefficient (Wildman–Crippen LogP) is 3.31. The lowest BCUT2D eigenvalue weighted by atomic mass is 9.99. The maximum absolute atomic E-state index is 12.7. The van der Waals surface area contributed by atoms with Gasteiger partial charge in [0.1, 0.15) is 12.7 Å². The lowest BCUT2D eigenvalue weighted by molar-refractivity contribution is 0.0940. The van der Waals surface area contributed by atoms with Crippen molar-refractivity contribution in [1.29, 1.82) is 0 Å². The number of nitrogens with one attached hydrogen (secondary N) is 1. The number of carbonyl (C=O) groups excluding carboxylic acids is 1. The number of fused-ring (bicyclic) bond motifs is 1. The van der Waals surface area contributed by atoms with E-state index in [1.54, 1.807) is 24.7 Å². The Kier molecular flexibility index (Phi) is 4.15. The van der Waals surface area contributed by atoms with Crippen molar-refractivity contribution in [1.82, 2.24) is 25.1 Å². The van der Waals surface area contributed by atoms with Crippen LogP contribution in [-0.4, -0.2) is 25.7 Å². The molecule has 1 atom stereocenters. The fourth-order valence-electron chi connectivity index (χ4n) is 3.00. The molecule has 0 fully saturated rings. The first-order valence-electron chi connectivity index (χ1n) is 8.32. The van der Waals surface area contributed by atoms with Crippen molar-refractivity contribution in [2.24, 2.45) is 0 Å². The number of benzene rings is 2. The Balaban J connectivity index is 1.59. The number of hydrogen-bond acceptors (Lipinski definition) is 4. The number of nitrogens with zero attached hydrogens (tertiary/aromatic N) is 4. The molecule has 26 heavy (non-hydrogen) atoms. The molecule has 2 heterocycles. The van der Waals surface area contributed by atoms with E-state index in [1.807, 2.05) is 31.2 Å². The first kappa shape index (κ1) is 16.0. The molecule has 2 aromatic heterocycles. The van der Waals surface area contributed by atoms with E-state index in [9.17, 15) is 4.79 Å². The molecule has 4 rings (SSSR count). The fraction of sp³-hybridized carbons (Fsp3) is 0.100. The van der Waals surface area contributed by atoms with Crippen LogP contribution in [0.3, 0.4) is 0 Å². The maximum atomic E-state index is 12.7. The highest BCUT2D eigenvalue weighted by Crippen LogP contribution is 2.24. The van der Waals surface area contributed by atoms with Crippen LogP contribution in [0.4, 0.5) is 0 Å². The number of rotatable bonds is 4. The number of hydrogen-bond donors (Lipinski definition) is 1. The maximum Gasteiger partial charge on any atom is 0.251 e. The van der Waals surface area contributed by atoms with Crippen molar-refractivity contribution in [2.45, 2.75) is 13.0 Å². The Labute approximate surface area is 150 Å². The zero-order valence-electron chi connectivity index (χ0n) is 14.2. The zero-order valence-corrected chi connectivity index (χ0v) is 14.2. The molecule has 0 radical (unpaired) electrons. The third-order valence-electron chi connectivity index (χ3n) is 4.30. The van der Waals surface area contributed by atoms with Gasteiger partial charge in [0.25, 0.3) is 5.91 Å². The summed E-state index contributed by atoms with van der Waals surface area (Å²) < 4.78 is 1.52. The van der Waals surface area contributed by atoms with Crippen molar-refractivity contribution < 1.29 is 4.79 Å². The summed E-state index contributed by atoms with van der Waals surface area (Å²) in [6.45, 7) is 1.99. The Hall–Kier alpha value is -3.54. The number of pyridine rings is 1. The normalized spacial score (nSPS) is 12.0. The zero-order chi connectivity index (χ0) is 17.9. The van der Waals surface area contributed by atoms with E-state index in [-0.39, 0.29) is 11.9 Å². The van der Waals surface area contributed by atoms with Gasteiger partial charge in [-0.15, -0.1) is 0 Å². The van der Waals surface area contributed by atoms with E-state index in [1.165, 1.54) is 11.0 Å². The van der Waals surface area contributed by atoms with E-state index in [2.05, 4.69) is 38.6 Å². The molecular formula is C20H17N5O. The lowest BCUT2D eigenvalue weighted by Crippen LogP contribution is -2.27. The van der Waals surface area contributed by atoms with Crippen LogP contribution >= 0.6 is 0 Å². The van der Waals surface area contributed by atoms with Gasteiger partial charge in [-0.3, -0.25) is 4.79 Å². The lowest BCUT2D eigenvalue weighted by Gasteiger charge is -2.17. The molecule has 1 N–H and O–H groups in total. The molecule has 2 aromatic carbocycles. The van der Waals surface area contributed by atoms with Gasteiger partial charge in [0.15, 0.2) is 5.82 Å². The van der Waals surface area contributed by atoms with E-state index >= 15 is 0 Å². The van der Waals surface area contributed by atoms with Crippen LogP contribution in [0.25, 0.3) is 16.6 Å². The van der Waals surface area contributed by atoms with Crippen LogP contribution < -0.4 is 5.32 Å². The predicted molar refractivity (Wildman–Crippen MR) is 99.0 cm³/mol. The first-order chi connectivity index (χ1) is 12.7. The van der Waals surface area contributed by atoms with Crippen molar-refractivity contribution in [3.8, 4) is 5.82 Å². The first-order valence-corrected chi connectivity index (χ1v) is 8.32. The highest BCUT2D eigenvalue weighted by Gasteiger charge is 2.14. The molecule has 0 saturated carbocycles. The van der Waals surface area contributed by atoms with Crippen molar-refractivity contribution in [2.75, 3.05) is 0 Å². The molecule has 0 aliphatic heterocycles. The van der Waals surface area contributed by atoms with Gasteiger partial charge in [0, 0.05) is 11.8 Å². The molecule has 1 amide bonds. The monoisotopic (exact) mass is 343 g/mol. The van der Waals surface area contributed by atoms with Crippen LogP contribution in [0.2, 0.25) is 0 Å². The molecular weight excluding hydrogens is 326 g/mol. The highest BCUT2D eigenvalue weighted by atomic mass is 16.1. The number of amides is 1. The average molecular weight is 343 g/mol. The van der Waals surface area contributed by atoms with Crippen LogP contribution in [0.15, 0.2) is 73.4 Å². The van der Waals surface area contributed by atoms with Crippen LogP contribution in [0.5, 0.6) is 0 Å². The van der Waals surface area contributed by atoms with Crippen molar-refractivity contribution in [3.05, 3.63) is 84.6 Å². The quantitative estimate of drug-likeness (QED) is 0.617. The summed E-state index contributed by atoms with van der Waals surface area (Å²) in [4.78, 5) is 20.8. The summed E-state index contributed by atoms with van der Waals surface area (Å²) in [7, 11) is 0. The van der Waals surface area contributed by atoms with E-state index in [0.29, 0.717) is 11.4 Å². The molecule has 6 nitrogen and oxygen atoms in total. The fourth-order valence-corrected chi connectivity index (χ4v) is 3.00. The highest BCUT2D eigenvalue weighted by molar-refractivity contribution is 5.95. The van der Waals surface area contributed by atoms with Crippen LogP contribution in [-0.2, 0) is 0 Å². The number of carbonyl (C=O) groups is 1. The summed E-state index contributed by atoms with van der Waals surface area (Å²) in [6.07, 6.45) is 4.56. The minimum Gasteiger partial charge on any atom is -0.345 e. The topological polar surface area (TPSA) is 72.7 Å². The van der Waals surface area contributed by atoms with Gasteiger partial charge in [-0.2, -0.15) is 5.10 Å². The summed E-state index contributed by atoms with van der Waals surface area (Å²) in [5.41, 5.74) is 1.61. The van der Waals surface area contributed by atoms with Gasteiger partial charge >= 0.3 is 0 Å². The Morgan fingerprint density at radius 3 is 2.81 bits per heavy atom. The van der Waals surface area contributed by atoms with Crippen molar-refractivity contribution in [3.63, 3.8) is 0 Å². The summed E-state index contributed by atoms with van der Waals surface area (Å²) in [5.74, 6) is 0.391. The Morgan fingerprint density at radius 1 is 1.12 bits per heavy atom. The molecule has 0 saturated heterocycles. The second-order valence-corrected chi connectivity index (χ2v) is 6.01. The standard InChI is InChI=1S/C20H17N5O/c1-14(17-8-4-6-15-5-2-3-7-18(15)17)24-20(26)16-9-10-22-19(11-16)25-13-21-12-23-25/h2-14H,1H3,(H,24,26)/t14-/m1/s1. The summed E-state index contributed by atoms with van der Waals surface area (Å²) in [6, 6.07) is 17.5. The minimum absolute atomic E-state index is 0.128. The minimum atomic E-state index is -0.158. The van der Waals surface area contributed by atoms with Gasteiger partial charge in [0.2, 0.25) is 0 Å². The van der Waals surface area contributed by atoms with Gasteiger partial charge in [-0.05, 0) is 35.4 Å². The summed E-state index contributed by atoms with van der Waals surface area (Å²) in [5, 5.41) is 9.40. The third kappa shape index (κ3) is 3.04. The Bertz CT molecular complexity index is 1050. The summed E-state index contributed by atoms with van der Waals surface area (Å²) >= 11 is 0. The number of aromatic nitrogens is 4. The van der Waals surface area contributed by atoms with E-state index in [0.717, 1.165) is 16.3 Å². The van der Waals surface area contributed by atoms with Gasteiger partial charge in [0.05, 0.1) is 6.04 Å².